The van der Waals surface area contributed by atoms with E-state index in [0.29, 0.717) is 0 Å². The number of para-hydroxylation sites is 2. The Morgan fingerprint density at radius 3 is 1.67 bits per heavy atom. The average molecular weight is 339 g/mol. The minimum absolute atomic E-state index is 1.03. The fourth-order valence-corrected chi connectivity index (χ4v) is 2.44. The molecule has 3 heteroatoms. The van der Waals surface area contributed by atoms with Crippen LogP contribution >= 0.6 is 15.9 Å². The Kier molecular flexibility index (Phi) is 4.22. The van der Waals surface area contributed by atoms with Gasteiger partial charge in [-0.15, -0.1) is 0 Å². The number of hydrogen-bond acceptors (Lipinski definition) is 2. The van der Waals surface area contributed by atoms with Gasteiger partial charge in [0.15, 0.2) is 0 Å². The summed E-state index contributed by atoms with van der Waals surface area (Å²) in [4.78, 5) is 0. The van der Waals surface area contributed by atoms with Gasteiger partial charge in [-0.3, -0.25) is 0 Å². The third-order valence-corrected chi connectivity index (χ3v) is 3.58. The van der Waals surface area contributed by atoms with Crippen molar-refractivity contribution in [2.24, 2.45) is 0 Å². The molecule has 2 nitrogen and oxygen atoms in total. The van der Waals surface area contributed by atoms with E-state index in [1.165, 1.54) is 0 Å². The first-order valence-corrected chi connectivity index (χ1v) is 7.54. The highest BCUT2D eigenvalue weighted by atomic mass is 79.9. The Hall–Kier alpha value is -2.26. The number of hydrogen-bond donors (Lipinski definition) is 2. The Labute approximate surface area is 133 Å². The first kappa shape index (κ1) is 13.7. The molecule has 2 N–H and O–H groups in total. The van der Waals surface area contributed by atoms with E-state index in [1.54, 1.807) is 0 Å². The summed E-state index contributed by atoms with van der Waals surface area (Å²) >= 11 is 3.53. The van der Waals surface area contributed by atoms with Crippen molar-refractivity contribution in [3.63, 3.8) is 0 Å². The minimum Gasteiger partial charge on any atom is -0.354 e. The maximum Gasteiger partial charge on any atom is 0.0634 e. The van der Waals surface area contributed by atoms with Crippen LogP contribution in [0.1, 0.15) is 0 Å². The molecular weight excluding hydrogens is 324 g/mol. The predicted octanol–water partition coefficient (Wildman–Crippen LogP) is 5.94. The molecule has 0 radical (unpaired) electrons. The summed E-state index contributed by atoms with van der Waals surface area (Å²) in [6.07, 6.45) is 0. The van der Waals surface area contributed by atoms with Gasteiger partial charge in [0.2, 0.25) is 0 Å². The smallest absolute Gasteiger partial charge is 0.0634 e. The summed E-state index contributed by atoms with van der Waals surface area (Å²) in [5.74, 6) is 0. The van der Waals surface area contributed by atoms with E-state index in [0.717, 1.165) is 27.2 Å². The average Bonchev–Trinajstić information content (AvgIpc) is 2.52. The van der Waals surface area contributed by atoms with Gasteiger partial charge >= 0.3 is 0 Å². The molecular formula is C18H15BrN2. The molecule has 0 amide bonds. The Balaban J connectivity index is 1.90. The maximum absolute atomic E-state index is 3.53. The van der Waals surface area contributed by atoms with Crippen LogP contribution in [0.3, 0.4) is 0 Å². The van der Waals surface area contributed by atoms with Crippen LogP contribution in [0.5, 0.6) is 0 Å². The molecule has 0 aliphatic carbocycles. The molecule has 0 unspecified atom stereocenters. The zero-order chi connectivity index (χ0) is 14.5. The summed E-state index contributed by atoms with van der Waals surface area (Å²) in [6, 6.07) is 26.4. The number of nitrogens with one attached hydrogen (secondary N) is 2. The SMILES string of the molecule is Brc1ccc(Nc2ccccc2)c(Nc2ccccc2)c1. The third-order valence-electron chi connectivity index (χ3n) is 3.09. The fraction of sp³-hybridized carbons (Fsp3) is 0. The molecule has 0 saturated heterocycles. The molecule has 0 saturated carbocycles. The molecule has 0 fully saturated rings. The highest BCUT2D eigenvalue weighted by molar-refractivity contribution is 9.10. The number of rotatable bonds is 4. The van der Waals surface area contributed by atoms with Gasteiger partial charge < -0.3 is 10.6 Å². The summed E-state index contributed by atoms with van der Waals surface area (Å²) in [5.41, 5.74) is 4.19. The zero-order valence-corrected chi connectivity index (χ0v) is 13.0. The lowest BCUT2D eigenvalue weighted by atomic mass is 10.2. The lowest BCUT2D eigenvalue weighted by Gasteiger charge is -2.14. The van der Waals surface area contributed by atoms with Gasteiger partial charge in [0.1, 0.15) is 0 Å². The third kappa shape index (κ3) is 3.64. The second-order valence-corrected chi connectivity index (χ2v) is 5.59. The fourth-order valence-electron chi connectivity index (χ4n) is 2.08. The maximum atomic E-state index is 3.53. The quantitative estimate of drug-likeness (QED) is 0.615. The second-order valence-electron chi connectivity index (χ2n) is 4.67. The molecule has 3 aromatic rings. The van der Waals surface area contributed by atoms with Crippen molar-refractivity contribution >= 4 is 38.7 Å². The zero-order valence-electron chi connectivity index (χ0n) is 11.4. The van der Waals surface area contributed by atoms with Crippen LogP contribution in [0, 0.1) is 0 Å². The summed E-state index contributed by atoms with van der Waals surface area (Å²) in [7, 11) is 0. The highest BCUT2D eigenvalue weighted by Gasteiger charge is 2.04. The van der Waals surface area contributed by atoms with Gasteiger partial charge in [0, 0.05) is 15.8 Å². The Morgan fingerprint density at radius 1 is 0.571 bits per heavy atom. The second kappa shape index (κ2) is 6.46. The van der Waals surface area contributed by atoms with Crippen LogP contribution in [-0.4, -0.2) is 0 Å². The molecule has 0 aromatic heterocycles. The first-order valence-electron chi connectivity index (χ1n) is 6.75. The van der Waals surface area contributed by atoms with Crippen LogP contribution < -0.4 is 10.6 Å². The largest absolute Gasteiger partial charge is 0.354 e. The molecule has 0 aliphatic heterocycles. The van der Waals surface area contributed by atoms with Crippen molar-refractivity contribution in [3.05, 3.63) is 83.3 Å². The van der Waals surface area contributed by atoms with Crippen molar-refractivity contribution in [2.45, 2.75) is 0 Å². The molecule has 0 atom stereocenters. The van der Waals surface area contributed by atoms with Gasteiger partial charge in [-0.25, -0.2) is 0 Å². The molecule has 21 heavy (non-hydrogen) atoms. The van der Waals surface area contributed by atoms with Crippen LogP contribution in [0.25, 0.3) is 0 Å². The monoisotopic (exact) mass is 338 g/mol. The van der Waals surface area contributed by atoms with Gasteiger partial charge in [-0.2, -0.15) is 0 Å². The molecule has 0 bridgehead atoms. The van der Waals surface area contributed by atoms with E-state index in [1.807, 2.05) is 66.7 Å². The first-order chi connectivity index (χ1) is 10.3. The van der Waals surface area contributed by atoms with E-state index < -0.39 is 0 Å². The normalized spacial score (nSPS) is 10.1. The van der Waals surface area contributed by atoms with Gasteiger partial charge in [0.05, 0.1) is 11.4 Å². The Morgan fingerprint density at radius 2 is 1.10 bits per heavy atom. The standard InChI is InChI=1S/C18H15BrN2/c19-14-11-12-17(20-15-7-3-1-4-8-15)18(13-14)21-16-9-5-2-6-10-16/h1-13,20-21H. The minimum atomic E-state index is 1.03. The van der Waals surface area contributed by atoms with Crippen molar-refractivity contribution in [2.75, 3.05) is 10.6 Å². The van der Waals surface area contributed by atoms with Gasteiger partial charge in [-0.05, 0) is 42.5 Å². The molecule has 0 heterocycles. The van der Waals surface area contributed by atoms with Crippen molar-refractivity contribution < 1.29 is 0 Å². The van der Waals surface area contributed by atoms with E-state index in [-0.39, 0.29) is 0 Å². The molecule has 3 rings (SSSR count). The number of halogens is 1. The highest BCUT2D eigenvalue weighted by Crippen LogP contribution is 2.31. The van der Waals surface area contributed by atoms with Gasteiger partial charge in [0.25, 0.3) is 0 Å². The van der Waals surface area contributed by atoms with Crippen molar-refractivity contribution in [1.29, 1.82) is 0 Å². The van der Waals surface area contributed by atoms with E-state index >= 15 is 0 Å². The van der Waals surface area contributed by atoms with Crippen molar-refractivity contribution in [1.82, 2.24) is 0 Å². The van der Waals surface area contributed by atoms with Crippen LogP contribution in [0.15, 0.2) is 83.3 Å². The Bertz CT molecular complexity index is 712. The van der Waals surface area contributed by atoms with Gasteiger partial charge in [-0.1, -0.05) is 52.3 Å². The van der Waals surface area contributed by atoms with E-state index in [4.69, 9.17) is 0 Å². The summed E-state index contributed by atoms with van der Waals surface area (Å²) < 4.78 is 1.04. The van der Waals surface area contributed by atoms with Crippen molar-refractivity contribution in [3.8, 4) is 0 Å². The van der Waals surface area contributed by atoms with Crippen LogP contribution in [0.2, 0.25) is 0 Å². The number of benzene rings is 3. The molecule has 0 aliphatic rings. The van der Waals surface area contributed by atoms with Crippen LogP contribution in [-0.2, 0) is 0 Å². The van der Waals surface area contributed by atoms with E-state index in [9.17, 15) is 0 Å². The summed E-state index contributed by atoms with van der Waals surface area (Å²) in [6.45, 7) is 0. The predicted molar refractivity (Wildman–Crippen MR) is 93.6 cm³/mol. The molecule has 3 aromatic carbocycles. The van der Waals surface area contributed by atoms with Crippen LogP contribution in [0.4, 0.5) is 22.7 Å². The number of anilines is 4. The lowest BCUT2D eigenvalue weighted by Crippen LogP contribution is -1.97. The van der Waals surface area contributed by atoms with E-state index in [2.05, 4.69) is 38.7 Å². The summed E-state index contributed by atoms with van der Waals surface area (Å²) in [5, 5.41) is 6.88. The topological polar surface area (TPSA) is 24.1 Å². The molecule has 104 valence electrons. The molecule has 0 spiro atoms. The lowest BCUT2D eigenvalue weighted by molar-refractivity contribution is 1.49.